The van der Waals surface area contributed by atoms with E-state index >= 15 is 0 Å². The molecule has 0 spiro atoms. The fraction of sp³-hybridized carbons (Fsp3) is 0.200. The van der Waals surface area contributed by atoms with Gasteiger partial charge in [-0.2, -0.15) is 0 Å². The van der Waals surface area contributed by atoms with Gasteiger partial charge in [0, 0.05) is 26.1 Å². The molecule has 5 heteroatoms. The van der Waals surface area contributed by atoms with Crippen LogP contribution >= 0.6 is 0 Å². The van der Waals surface area contributed by atoms with E-state index in [4.69, 9.17) is 4.42 Å². The van der Waals surface area contributed by atoms with Crippen molar-refractivity contribution in [3.8, 4) is 0 Å². The lowest BCUT2D eigenvalue weighted by atomic mass is 10.1. The average Bonchev–Trinajstić information content (AvgIpc) is 3.11. The van der Waals surface area contributed by atoms with Crippen LogP contribution in [0, 0.1) is 0 Å². The summed E-state index contributed by atoms with van der Waals surface area (Å²) < 4.78 is 6.81. The summed E-state index contributed by atoms with van der Waals surface area (Å²) >= 11 is 0. The van der Waals surface area contributed by atoms with E-state index in [9.17, 15) is 9.59 Å². The number of hydrogen-bond acceptors (Lipinski definition) is 3. The number of aromatic nitrogens is 1. The van der Waals surface area contributed by atoms with Gasteiger partial charge in [0.05, 0.1) is 5.52 Å². The lowest BCUT2D eigenvalue weighted by Gasteiger charge is -2.23. The highest BCUT2D eigenvalue weighted by atomic mass is 16.4. The number of benzene rings is 3. The third kappa shape index (κ3) is 4.69. The molecule has 5 nitrogen and oxygen atoms in total. The smallest absolute Gasteiger partial charge is 0.408 e. The molecule has 152 valence electrons. The van der Waals surface area contributed by atoms with Crippen molar-refractivity contribution in [2.45, 2.75) is 25.9 Å². The van der Waals surface area contributed by atoms with E-state index in [2.05, 4.69) is 12.1 Å². The summed E-state index contributed by atoms with van der Waals surface area (Å²) in [5, 5.41) is 0. The fourth-order valence-corrected chi connectivity index (χ4v) is 3.60. The van der Waals surface area contributed by atoms with Crippen molar-refractivity contribution in [3.63, 3.8) is 0 Å². The molecule has 0 aliphatic carbocycles. The Bertz CT molecular complexity index is 1160. The Balaban J connectivity index is 1.48. The number of amides is 1. The predicted molar refractivity (Wildman–Crippen MR) is 117 cm³/mol. The number of carbonyl (C=O) groups excluding carboxylic acids is 1. The zero-order chi connectivity index (χ0) is 20.8. The first-order chi connectivity index (χ1) is 14.7. The molecule has 1 heterocycles. The summed E-state index contributed by atoms with van der Waals surface area (Å²) in [5.74, 6) is -0.408. The molecule has 30 heavy (non-hydrogen) atoms. The Kier molecular flexibility index (Phi) is 6.09. The highest BCUT2D eigenvalue weighted by Gasteiger charge is 2.16. The number of carbonyl (C=O) groups is 1. The van der Waals surface area contributed by atoms with Gasteiger partial charge in [-0.15, -0.1) is 0 Å². The van der Waals surface area contributed by atoms with Crippen LogP contribution in [-0.4, -0.2) is 21.9 Å². The molecular weight excluding hydrogens is 376 g/mol. The van der Waals surface area contributed by atoms with Gasteiger partial charge in [0.2, 0.25) is 5.91 Å². The van der Waals surface area contributed by atoms with Crippen LogP contribution in [0.15, 0.2) is 94.1 Å². The van der Waals surface area contributed by atoms with Crippen LogP contribution in [0.5, 0.6) is 0 Å². The minimum absolute atomic E-state index is 0.0203. The molecule has 0 radical (unpaired) electrons. The van der Waals surface area contributed by atoms with Gasteiger partial charge in [0.25, 0.3) is 0 Å². The normalized spacial score (nSPS) is 10.9. The Hall–Kier alpha value is -3.60. The van der Waals surface area contributed by atoms with Crippen LogP contribution in [0.4, 0.5) is 0 Å². The summed E-state index contributed by atoms with van der Waals surface area (Å²) in [6.07, 6.45) is 1.03. The standard InChI is InChI=1S/C25H24N2O3/c28-24(16-18-27-22-13-7-8-14-23(22)30-25(27)29)26(19-21-11-5-2-6-12-21)17-15-20-9-3-1-4-10-20/h1-14H,15-19H2. The van der Waals surface area contributed by atoms with Crippen LogP contribution in [0.1, 0.15) is 17.5 Å². The van der Waals surface area contributed by atoms with E-state index in [0.717, 1.165) is 12.0 Å². The third-order valence-electron chi connectivity index (χ3n) is 5.21. The zero-order valence-electron chi connectivity index (χ0n) is 16.7. The summed E-state index contributed by atoms with van der Waals surface area (Å²) in [6, 6.07) is 27.4. The number of fused-ring (bicyclic) bond motifs is 1. The molecule has 0 unspecified atom stereocenters. The quantitative estimate of drug-likeness (QED) is 0.444. The van der Waals surface area contributed by atoms with Crippen LogP contribution in [0.25, 0.3) is 11.1 Å². The number of aryl methyl sites for hydroxylation is 1. The van der Waals surface area contributed by atoms with Crippen molar-refractivity contribution < 1.29 is 9.21 Å². The molecule has 4 aromatic rings. The zero-order valence-corrected chi connectivity index (χ0v) is 16.7. The molecule has 1 amide bonds. The largest absolute Gasteiger partial charge is 0.419 e. The van der Waals surface area contributed by atoms with Crippen molar-refractivity contribution in [2.75, 3.05) is 6.54 Å². The highest BCUT2D eigenvalue weighted by Crippen LogP contribution is 2.14. The van der Waals surface area contributed by atoms with Crippen molar-refractivity contribution in [3.05, 3.63) is 107 Å². The molecule has 4 rings (SSSR count). The average molecular weight is 400 g/mol. The monoisotopic (exact) mass is 400 g/mol. The third-order valence-corrected chi connectivity index (χ3v) is 5.21. The maximum Gasteiger partial charge on any atom is 0.419 e. The Morgan fingerprint density at radius 2 is 1.47 bits per heavy atom. The van der Waals surface area contributed by atoms with Crippen molar-refractivity contribution in [1.29, 1.82) is 0 Å². The minimum atomic E-state index is -0.428. The Morgan fingerprint density at radius 1 is 0.833 bits per heavy atom. The maximum atomic E-state index is 13.1. The van der Waals surface area contributed by atoms with Crippen LogP contribution < -0.4 is 5.76 Å². The second-order valence-electron chi connectivity index (χ2n) is 7.27. The minimum Gasteiger partial charge on any atom is -0.408 e. The number of hydrogen-bond donors (Lipinski definition) is 0. The van der Waals surface area contributed by atoms with Gasteiger partial charge in [-0.25, -0.2) is 4.79 Å². The van der Waals surface area contributed by atoms with Crippen LogP contribution in [0.3, 0.4) is 0 Å². The molecule has 0 N–H and O–H groups in total. The van der Waals surface area contributed by atoms with E-state index in [0.29, 0.717) is 30.7 Å². The molecule has 1 aromatic heterocycles. The molecule has 0 aliphatic rings. The van der Waals surface area contributed by atoms with Crippen LogP contribution in [0.2, 0.25) is 0 Å². The van der Waals surface area contributed by atoms with E-state index in [1.807, 2.05) is 71.6 Å². The molecular formula is C25H24N2O3. The lowest BCUT2D eigenvalue weighted by molar-refractivity contribution is -0.132. The maximum absolute atomic E-state index is 13.1. The van der Waals surface area contributed by atoms with Crippen molar-refractivity contribution >= 4 is 17.0 Å². The van der Waals surface area contributed by atoms with Gasteiger partial charge < -0.3 is 9.32 Å². The first-order valence-electron chi connectivity index (χ1n) is 10.1. The molecule has 0 saturated heterocycles. The number of rotatable bonds is 8. The first kappa shape index (κ1) is 19.7. The second-order valence-corrected chi connectivity index (χ2v) is 7.27. The van der Waals surface area contributed by atoms with E-state index in [-0.39, 0.29) is 12.3 Å². The van der Waals surface area contributed by atoms with E-state index in [1.54, 1.807) is 6.07 Å². The molecule has 0 atom stereocenters. The summed E-state index contributed by atoms with van der Waals surface area (Å²) in [5.41, 5.74) is 3.54. The molecule has 0 bridgehead atoms. The van der Waals surface area contributed by atoms with E-state index in [1.165, 1.54) is 10.1 Å². The van der Waals surface area contributed by atoms with Crippen LogP contribution in [-0.2, 0) is 24.3 Å². The fourth-order valence-electron chi connectivity index (χ4n) is 3.60. The highest BCUT2D eigenvalue weighted by molar-refractivity contribution is 5.77. The SMILES string of the molecule is O=C(CCn1c(=O)oc2ccccc21)N(CCc1ccccc1)Cc1ccccc1. The molecule has 3 aromatic carbocycles. The van der Waals surface area contributed by atoms with Gasteiger partial charge in [-0.3, -0.25) is 9.36 Å². The molecule has 0 saturated carbocycles. The summed E-state index contributed by atoms with van der Waals surface area (Å²) in [6.45, 7) is 1.47. The number of para-hydroxylation sites is 2. The van der Waals surface area contributed by atoms with Gasteiger partial charge >= 0.3 is 5.76 Å². The Morgan fingerprint density at radius 3 is 2.20 bits per heavy atom. The Labute approximate surface area is 175 Å². The van der Waals surface area contributed by atoms with Gasteiger partial charge in [0.15, 0.2) is 5.58 Å². The lowest BCUT2D eigenvalue weighted by Crippen LogP contribution is -2.33. The van der Waals surface area contributed by atoms with E-state index < -0.39 is 5.76 Å². The molecule has 0 aliphatic heterocycles. The van der Waals surface area contributed by atoms with Gasteiger partial charge in [-0.05, 0) is 29.7 Å². The van der Waals surface area contributed by atoms with Gasteiger partial charge in [0.1, 0.15) is 0 Å². The first-order valence-corrected chi connectivity index (χ1v) is 10.1. The van der Waals surface area contributed by atoms with Gasteiger partial charge in [-0.1, -0.05) is 72.8 Å². The van der Waals surface area contributed by atoms with Crippen molar-refractivity contribution in [1.82, 2.24) is 9.47 Å². The number of nitrogens with zero attached hydrogens (tertiary/aromatic N) is 2. The van der Waals surface area contributed by atoms with Crippen molar-refractivity contribution in [2.24, 2.45) is 0 Å². The summed E-state index contributed by atoms with van der Waals surface area (Å²) in [4.78, 5) is 27.2. The summed E-state index contributed by atoms with van der Waals surface area (Å²) in [7, 11) is 0. The molecule has 0 fully saturated rings. The topological polar surface area (TPSA) is 55.5 Å². The second kappa shape index (κ2) is 9.27. The predicted octanol–water partition coefficient (Wildman–Crippen LogP) is 4.26. The number of oxazole rings is 1.